The molecule has 218 valence electrons. The topological polar surface area (TPSA) is 294 Å². The fraction of sp³-hybridized carbons (Fsp3) is 0.417. The van der Waals surface area contributed by atoms with Gasteiger partial charge in [-0.3, -0.25) is 24.2 Å². The molecule has 0 saturated carbocycles. The first-order valence-corrected chi connectivity index (χ1v) is 12.3. The molecule has 0 saturated heterocycles. The lowest BCUT2D eigenvalue weighted by molar-refractivity contribution is -0.142. The van der Waals surface area contributed by atoms with E-state index in [1.54, 1.807) is 12.3 Å². The third-order valence-corrected chi connectivity index (χ3v) is 5.86. The summed E-state index contributed by atoms with van der Waals surface area (Å²) >= 11 is 0. The molecule has 0 aliphatic rings. The van der Waals surface area contributed by atoms with Crippen LogP contribution in [-0.2, 0) is 30.4 Å². The van der Waals surface area contributed by atoms with E-state index < -0.39 is 66.8 Å². The van der Waals surface area contributed by atoms with Gasteiger partial charge in [0.15, 0.2) is 5.96 Å². The number of para-hydroxylation sites is 1. The molecule has 0 fully saturated rings. The number of primary amides is 1. The van der Waals surface area contributed by atoms with E-state index >= 15 is 0 Å². The second-order valence-corrected chi connectivity index (χ2v) is 8.99. The molecular weight excluding hydrogens is 526 g/mol. The van der Waals surface area contributed by atoms with Crippen LogP contribution in [-0.4, -0.2) is 88.1 Å². The molecule has 1 aromatic carbocycles. The highest BCUT2D eigenvalue weighted by atomic mass is 16.4. The van der Waals surface area contributed by atoms with Crippen LogP contribution in [0.4, 0.5) is 0 Å². The fourth-order valence-electron chi connectivity index (χ4n) is 3.81. The summed E-state index contributed by atoms with van der Waals surface area (Å²) in [5, 5.41) is 26.7. The molecule has 4 atom stereocenters. The Labute approximate surface area is 228 Å². The quantitative estimate of drug-likeness (QED) is 0.0547. The second-order valence-electron chi connectivity index (χ2n) is 8.99. The number of aliphatic carboxylic acids is 1. The Morgan fingerprint density at radius 1 is 0.925 bits per heavy atom. The largest absolute Gasteiger partial charge is 0.480 e. The van der Waals surface area contributed by atoms with Gasteiger partial charge in [0.1, 0.15) is 24.2 Å². The molecule has 0 aliphatic heterocycles. The predicted molar refractivity (Wildman–Crippen MR) is 144 cm³/mol. The lowest BCUT2D eigenvalue weighted by atomic mass is 10.0. The minimum Gasteiger partial charge on any atom is -0.480 e. The van der Waals surface area contributed by atoms with Crippen molar-refractivity contribution < 1.29 is 34.2 Å². The number of amides is 4. The van der Waals surface area contributed by atoms with Crippen LogP contribution < -0.4 is 38.9 Å². The van der Waals surface area contributed by atoms with Crippen molar-refractivity contribution in [2.75, 3.05) is 13.2 Å². The van der Waals surface area contributed by atoms with Gasteiger partial charge in [-0.05, 0) is 24.5 Å². The van der Waals surface area contributed by atoms with Crippen LogP contribution in [0.15, 0.2) is 35.5 Å². The summed E-state index contributed by atoms with van der Waals surface area (Å²) in [6.45, 7) is -0.619. The number of carboxylic acids is 1. The van der Waals surface area contributed by atoms with Crippen LogP contribution >= 0.6 is 0 Å². The summed E-state index contributed by atoms with van der Waals surface area (Å²) in [4.78, 5) is 68.7. The average molecular weight is 562 g/mol. The van der Waals surface area contributed by atoms with E-state index in [2.05, 4.69) is 25.9 Å². The first-order chi connectivity index (χ1) is 18.9. The molecule has 16 heteroatoms. The maximum atomic E-state index is 13.2. The second kappa shape index (κ2) is 15.0. The minimum absolute atomic E-state index is 0.0266. The van der Waals surface area contributed by atoms with Gasteiger partial charge in [0.25, 0.3) is 0 Å². The highest BCUT2D eigenvalue weighted by molar-refractivity contribution is 5.96. The van der Waals surface area contributed by atoms with E-state index in [9.17, 15) is 29.1 Å². The molecule has 0 bridgehead atoms. The van der Waals surface area contributed by atoms with Crippen molar-refractivity contribution in [2.24, 2.45) is 27.9 Å². The third-order valence-electron chi connectivity index (χ3n) is 5.86. The van der Waals surface area contributed by atoms with E-state index in [0.717, 1.165) is 10.9 Å². The van der Waals surface area contributed by atoms with Crippen LogP contribution in [0, 0.1) is 0 Å². The van der Waals surface area contributed by atoms with E-state index in [1.165, 1.54) is 0 Å². The molecule has 0 aliphatic carbocycles. The minimum atomic E-state index is -1.52. The fourth-order valence-corrected chi connectivity index (χ4v) is 3.81. The van der Waals surface area contributed by atoms with E-state index in [1.807, 2.05) is 18.2 Å². The number of aromatic nitrogens is 1. The number of guanidine groups is 1. The summed E-state index contributed by atoms with van der Waals surface area (Å²) in [6, 6.07) is 1.71. The number of aliphatic hydroxyl groups is 1. The van der Waals surface area contributed by atoms with Gasteiger partial charge in [-0.2, -0.15) is 0 Å². The Hall–Kier alpha value is -4.70. The van der Waals surface area contributed by atoms with Crippen LogP contribution in [0.25, 0.3) is 10.9 Å². The van der Waals surface area contributed by atoms with Gasteiger partial charge >= 0.3 is 5.97 Å². The van der Waals surface area contributed by atoms with Gasteiger partial charge in [-0.15, -0.1) is 0 Å². The summed E-state index contributed by atoms with van der Waals surface area (Å²) in [7, 11) is 0. The Morgan fingerprint density at radius 3 is 2.17 bits per heavy atom. The van der Waals surface area contributed by atoms with Gasteiger partial charge in [0, 0.05) is 30.1 Å². The van der Waals surface area contributed by atoms with E-state index in [-0.39, 0.29) is 31.8 Å². The van der Waals surface area contributed by atoms with Crippen LogP contribution in [0.3, 0.4) is 0 Å². The lowest BCUT2D eigenvalue weighted by Crippen LogP contribution is -2.58. The molecule has 2 rings (SSSR count). The number of nitrogens with one attached hydrogen (secondary N) is 4. The zero-order valence-corrected chi connectivity index (χ0v) is 21.6. The molecule has 14 N–H and O–H groups in total. The summed E-state index contributed by atoms with van der Waals surface area (Å²) < 4.78 is 0. The molecule has 2 aromatic rings. The smallest absolute Gasteiger partial charge is 0.326 e. The van der Waals surface area contributed by atoms with Crippen molar-refractivity contribution in [3.63, 3.8) is 0 Å². The molecule has 1 heterocycles. The average Bonchev–Trinajstić information content (AvgIpc) is 3.31. The lowest BCUT2D eigenvalue weighted by Gasteiger charge is -2.24. The number of carbonyl (C=O) groups excluding carboxylic acids is 4. The van der Waals surface area contributed by atoms with Crippen molar-refractivity contribution in [3.8, 4) is 0 Å². The number of nitrogens with two attached hydrogens (primary N) is 4. The maximum Gasteiger partial charge on any atom is 0.326 e. The van der Waals surface area contributed by atoms with Gasteiger partial charge in [0.05, 0.1) is 13.0 Å². The molecule has 40 heavy (non-hydrogen) atoms. The summed E-state index contributed by atoms with van der Waals surface area (Å²) in [5.41, 5.74) is 22.7. The number of nitrogens with zero attached hydrogens (tertiary/aromatic N) is 1. The number of aliphatic hydroxyl groups excluding tert-OH is 1. The van der Waals surface area contributed by atoms with Gasteiger partial charge in [-0.1, -0.05) is 18.2 Å². The Kier molecular flexibility index (Phi) is 11.8. The molecular formula is C24H35N9O7. The van der Waals surface area contributed by atoms with Crippen LogP contribution in [0.1, 0.15) is 24.8 Å². The van der Waals surface area contributed by atoms with Crippen molar-refractivity contribution in [1.82, 2.24) is 20.9 Å². The zero-order valence-electron chi connectivity index (χ0n) is 21.6. The summed E-state index contributed by atoms with van der Waals surface area (Å²) in [6.07, 6.45) is 1.14. The van der Waals surface area contributed by atoms with Crippen LogP contribution in [0.5, 0.6) is 0 Å². The number of H-pyrrole nitrogens is 1. The number of benzene rings is 1. The molecule has 4 amide bonds. The first kappa shape index (κ1) is 31.5. The van der Waals surface area contributed by atoms with Crippen molar-refractivity contribution in [3.05, 3.63) is 36.0 Å². The highest BCUT2D eigenvalue weighted by Gasteiger charge is 2.31. The molecule has 0 radical (unpaired) electrons. The third kappa shape index (κ3) is 9.55. The summed E-state index contributed by atoms with van der Waals surface area (Å²) in [5.74, 6) is -5.14. The SMILES string of the molecule is NC(=O)CC(NC(=O)C(N)CO)C(=O)NC(CCCN=C(N)N)C(=O)NC(Cc1c[nH]c2ccccc12)C(=O)O. The van der Waals surface area contributed by atoms with Gasteiger partial charge in [0.2, 0.25) is 23.6 Å². The number of hydrogen-bond donors (Lipinski definition) is 10. The Morgan fingerprint density at radius 2 is 1.55 bits per heavy atom. The number of carboxylic acid groups (broad SMARTS) is 1. The van der Waals surface area contributed by atoms with Crippen molar-refractivity contribution in [1.29, 1.82) is 0 Å². The first-order valence-electron chi connectivity index (χ1n) is 12.3. The van der Waals surface area contributed by atoms with Gasteiger partial charge < -0.3 is 54.1 Å². The number of aromatic amines is 1. The Balaban J connectivity index is 2.23. The number of hydrogen-bond acceptors (Lipinski definition) is 8. The van der Waals surface area contributed by atoms with Crippen LogP contribution in [0.2, 0.25) is 0 Å². The zero-order chi connectivity index (χ0) is 29.8. The molecule has 1 aromatic heterocycles. The van der Waals surface area contributed by atoms with E-state index in [0.29, 0.717) is 5.56 Å². The van der Waals surface area contributed by atoms with Crippen molar-refractivity contribution >= 4 is 46.5 Å². The van der Waals surface area contributed by atoms with Crippen molar-refractivity contribution in [2.45, 2.75) is 49.9 Å². The Bertz CT molecular complexity index is 1240. The number of carbonyl (C=O) groups is 5. The normalized spacial score (nSPS) is 13.8. The maximum absolute atomic E-state index is 13.2. The highest BCUT2D eigenvalue weighted by Crippen LogP contribution is 2.19. The molecule has 0 spiro atoms. The number of aliphatic imine (C=N–C) groups is 1. The van der Waals surface area contributed by atoms with Gasteiger partial charge in [-0.25, -0.2) is 4.79 Å². The molecule has 16 nitrogen and oxygen atoms in total. The monoisotopic (exact) mass is 561 g/mol. The number of rotatable bonds is 16. The van der Waals surface area contributed by atoms with E-state index in [4.69, 9.17) is 28.0 Å². The standard InChI is InChI=1S/C24H35N9O7/c25-14(11-34)20(36)32-17(9-19(26)35)22(38)31-16(6-3-7-29-24(27)28)21(37)33-18(23(39)40)8-12-10-30-15-5-2-1-4-13(12)15/h1-2,4-5,10,14,16-18,30,34H,3,6-9,11,25H2,(H2,26,35)(H,31,38)(H,32,36)(H,33,37)(H,39,40)(H4,27,28,29). The molecule has 4 unspecified atom stereocenters. The number of fused-ring (bicyclic) bond motifs is 1. The predicted octanol–water partition coefficient (Wildman–Crippen LogP) is -3.50.